The Morgan fingerprint density at radius 2 is 1.71 bits per heavy atom. The molecule has 0 saturated heterocycles. The van der Waals surface area contributed by atoms with E-state index in [-0.39, 0.29) is 17.0 Å². The monoisotopic (exact) mass is 295 g/mol. The Bertz CT molecular complexity index is 539. The number of hydrogen-bond donors (Lipinski definition) is 1. The second-order valence-corrected chi connectivity index (χ2v) is 5.99. The van der Waals surface area contributed by atoms with Crippen LogP contribution in [0.15, 0.2) is 29.2 Å². The first-order chi connectivity index (χ1) is 7.80. The van der Waals surface area contributed by atoms with Gasteiger partial charge in [0.15, 0.2) is 0 Å². The van der Waals surface area contributed by atoms with Crippen molar-refractivity contribution in [3.63, 3.8) is 0 Å². The van der Waals surface area contributed by atoms with Crippen molar-refractivity contribution < 1.29 is 18.0 Å². The molecule has 0 atom stereocenters. The van der Waals surface area contributed by atoms with Gasteiger partial charge in [0.1, 0.15) is 0 Å². The topological polar surface area (TPSA) is 80.3 Å². The fourth-order valence-corrected chi connectivity index (χ4v) is 1.86. The van der Waals surface area contributed by atoms with E-state index in [4.69, 9.17) is 22.3 Å². The summed E-state index contributed by atoms with van der Waals surface area (Å²) in [5.41, 5.74) is 0.201. The van der Waals surface area contributed by atoms with E-state index < -0.39 is 20.2 Å². The Morgan fingerprint density at radius 1 is 1.18 bits per heavy atom. The third kappa shape index (κ3) is 4.33. The molecule has 1 aromatic carbocycles. The van der Waals surface area contributed by atoms with Gasteiger partial charge in [-0.15, -0.1) is 0 Å². The summed E-state index contributed by atoms with van der Waals surface area (Å²) in [4.78, 5) is 21.7. The van der Waals surface area contributed by atoms with Crippen LogP contribution in [0.5, 0.6) is 0 Å². The third-order valence-corrected chi connectivity index (χ3v) is 3.29. The molecule has 0 spiro atoms. The molecule has 8 heteroatoms. The largest absolute Gasteiger partial charge is 0.344 e. The highest BCUT2D eigenvalue weighted by Gasteiger charge is 2.11. The van der Waals surface area contributed by atoms with Gasteiger partial charge in [-0.2, -0.15) is 0 Å². The highest BCUT2D eigenvalue weighted by molar-refractivity contribution is 8.13. The van der Waals surface area contributed by atoms with Crippen LogP contribution in [-0.2, 0) is 13.8 Å². The van der Waals surface area contributed by atoms with E-state index in [1.807, 2.05) is 0 Å². The molecule has 1 N–H and O–H groups in total. The fourth-order valence-electron chi connectivity index (χ4n) is 1.02. The van der Waals surface area contributed by atoms with Crippen LogP contribution >= 0.6 is 22.3 Å². The molecule has 0 aliphatic heterocycles. The average molecular weight is 296 g/mol. The first kappa shape index (κ1) is 14.0. The first-order valence-electron chi connectivity index (χ1n) is 4.32. The number of benzene rings is 1. The van der Waals surface area contributed by atoms with E-state index in [9.17, 15) is 18.0 Å². The minimum atomic E-state index is -3.81. The van der Waals surface area contributed by atoms with Crippen LogP contribution in [0.3, 0.4) is 0 Å². The Balaban J connectivity index is 2.81. The summed E-state index contributed by atoms with van der Waals surface area (Å²) in [7, 11) is 1.30. The Hall–Kier alpha value is -1.11. The molecule has 17 heavy (non-hydrogen) atoms. The average Bonchev–Trinajstić information content (AvgIpc) is 2.25. The molecule has 0 aliphatic rings. The van der Waals surface area contributed by atoms with E-state index in [0.717, 1.165) is 0 Å². The zero-order valence-electron chi connectivity index (χ0n) is 8.31. The molecular formula is C9H7Cl2NO4S. The van der Waals surface area contributed by atoms with Crippen molar-refractivity contribution in [3.8, 4) is 0 Å². The van der Waals surface area contributed by atoms with Crippen LogP contribution in [-0.4, -0.2) is 26.1 Å². The Morgan fingerprint density at radius 3 is 2.12 bits per heavy atom. The first-order valence-corrected chi connectivity index (χ1v) is 7.00. The van der Waals surface area contributed by atoms with E-state index in [1.165, 1.54) is 24.3 Å². The Labute approximate surface area is 107 Å². The summed E-state index contributed by atoms with van der Waals surface area (Å²) in [5.74, 6) is -0.530. The number of halogens is 2. The number of carbonyl (C=O) groups excluding carboxylic acids is 2. The zero-order chi connectivity index (χ0) is 13.1. The van der Waals surface area contributed by atoms with Crippen molar-refractivity contribution in [3.05, 3.63) is 29.8 Å². The lowest BCUT2D eigenvalue weighted by atomic mass is 10.2. The molecule has 0 aromatic heterocycles. The van der Waals surface area contributed by atoms with Crippen LogP contribution in [0.2, 0.25) is 0 Å². The van der Waals surface area contributed by atoms with Gasteiger partial charge < -0.3 is 5.32 Å². The van der Waals surface area contributed by atoms with Crippen LogP contribution in [0.4, 0.5) is 0 Å². The SMILES string of the molecule is O=C(Cl)CNC(=O)c1ccc(S(=O)(=O)Cl)cc1. The van der Waals surface area contributed by atoms with Gasteiger partial charge in [-0.25, -0.2) is 8.42 Å². The number of carbonyl (C=O) groups is 2. The van der Waals surface area contributed by atoms with Crippen LogP contribution in [0, 0.1) is 0 Å². The van der Waals surface area contributed by atoms with Gasteiger partial charge >= 0.3 is 0 Å². The quantitative estimate of drug-likeness (QED) is 0.844. The number of amides is 1. The molecule has 0 fully saturated rings. The van der Waals surface area contributed by atoms with E-state index >= 15 is 0 Å². The van der Waals surface area contributed by atoms with Crippen molar-refractivity contribution in [1.29, 1.82) is 0 Å². The lowest BCUT2D eigenvalue weighted by Crippen LogP contribution is -2.27. The van der Waals surface area contributed by atoms with Crippen LogP contribution in [0.25, 0.3) is 0 Å². The molecule has 0 saturated carbocycles. The van der Waals surface area contributed by atoms with Crippen molar-refractivity contribution in [1.82, 2.24) is 5.32 Å². The summed E-state index contributed by atoms with van der Waals surface area (Å²) >= 11 is 5.04. The highest BCUT2D eigenvalue weighted by atomic mass is 35.7. The number of rotatable bonds is 4. The van der Waals surface area contributed by atoms with E-state index in [2.05, 4.69) is 5.32 Å². The Kier molecular flexibility index (Phi) is 4.50. The fraction of sp³-hybridized carbons (Fsp3) is 0.111. The highest BCUT2D eigenvalue weighted by Crippen LogP contribution is 2.15. The zero-order valence-corrected chi connectivity index (χ0v) is 10.6. The minimum absolute atomic E-state index is 0.107. The van der Waals surface area contributed by atoms with Gasteiger partial charge in [-0.3, -0.25) is 9.59 Å². The predicted molar refractivity (Wildman–Crippen MR) is 62.7 cm³/mol. The minimum Gasteiger partial charge on any atom is -0.344 e. The van der Waals surface area contributed by atoms with Crippen molar-refractivity contribution in [2.24, 2.45) is 0 Å². The summed E-state index contributed by atoms with van der Waals surface area (Å²) in [6.45, 7) is -0.296. The second kappa shape index (κ2) is 5.48. The lowest BCUT2D eigenvalue weighted by Gasteiger charge is -2.02. The third-order valence-electron chi connectivity index (χ3n) is 1.79. The van der Waals surface area contributed by atoms with Crippen LogP contribution in [0.1, 0.15) is 10.4 Å². The maximum absolute atomic E-state index is 11.4. The molecule has 5 nitrogen and oxygen atoms in total. The van der Waals surface area contributed by atoms with Crippen LogP contribution < -0.4 is 5.32 Å². The smallest absolute Gasteiger partial charge is 0.261 e. The van der Waals surface area contributed by atoms with Gasteiger partial charge in [-0.1, -0.05) is 0 Å². The van der Waals surface area contributed by atoms with Gasteiger partial charge in [0.25, 0.3) is 15.0 Å². The number of hydrogen-bond acceptors (Lipinski definition) is 4. The van der Waals surface area contributed by atoms with Gasteiger partial charge in [0.2, 0.25) is 5.24 Å². The molecule has 1 amide bonds. The molecule has 0 unspecified atom stereocenters. The van der Waals surface area contributed by atoms with Gasteiger partial charge in [-0.05, 0) is 35.9 Å². The van der Waals surface area contributed by atoms with Crippen molar-refractivity contribution in [2.75, 3.05) is 6.54 Å². The molecule has 0 aliphatic carbocycles. The maximum Gasteiger partial charge on any atom is 0.261 e. The summed E-state index contributed by atoms with van der Waals surface area (Å²) in [6.07, 6.45) is 0. The molecule has 92 valence electrons. The second-order valence-electron chi connectivity index (χ2n) is 3.00. The van der Waals surface area contributed by atoms with Crippen molar-refractivity contribution in [2.45, 2.75) is 4.90 Å². The molecule has 1 aromatic rings. The molecule has 0 radical (unpaired) electrons. The molecule has 0 heterocycles. The van der Waals surface area contributed by atoms with Crippen molar-refractivity contribution >= 4 is 42.5 Å². The summed E-state index contributed by atoms with van der Waals surface area (Å²) < 4.78 is 21.9. The normalized spacial score (nSPS) is 10.9. The lowest BCUT2D eigenvalue weighted by molar-refractivity contribution is -0.110. The molecule has 0 bridgehead atoms. The molecular weight excluding hydrogens is 289 g/mol. The van der Waals surface area contributed by atoms with Gasteiger partial charge in [0, 0.05) is 16.2 Å². The predicted octanol–water partition coefficient (Wildman–Crippen LogP) is 1.11. The van der Waals surface area contributed by atoms with Gasteiger partial charge in [0.05, 0.1) is 11.4 Å². The van der Waals surface area contributed by atoms with E-state index in [1.54, 1.807) is 0 Å². The van der Waals surface area contributed by atoms with E-state index in [0.29, 0.717) is 0 Å². The number of nitrogens with one attached hydrogen (secondary N) is 1. The summed E-state index contributed by atoms with van der Waals surface area (Å²) in [6, 6.07) is 4.95. The summed E-state index contributed by atoms with van der Waals surface area (Å²) in [5, 5.41) is 1.56. The molecule has 1 rings (SSSR count). The maximum atomic E-state index is 11.4. The standard InChI is InChI=1S/C9H7Cl2NO4S/c10-8(13)5-12-9(14)6-1-3-7(4-2-6)17(11,15)16/h1-4H,5H2,(H,12,14).